The fraction of sp³-hybridized carbons (Fsp3) is 0.273. The highest BCUT2D eigenvalue weighted by atomic mass is 35.5. The van der Waals surface area contributed by atoms with Crippen LogP contribution in [0.1, 0.15) is 15.6 Å². The van der Waals surface area contributed by atoms with E-state index in [4.69, 9.17) is 22.2 Å². The standard InChI is InChI=1S/C11H12ClN3OS2/c1-7-6-17-11(14-7)4-10(13)15-16-5-8-2-3-9(12)18-8/h2-3,6H,4-5H2,1H3,(H2,13,15). The fourth-order valence-corrected chi connectivity index (χ4v) is 3.06. The molecule has 0 fully saturated rings. The van der Waals surface area contributed by atoms with Crippen molar-refractivity contribution in [3.63, 3.8) is 0 Å². The van der Waals surface area contributed by atoms with Crippen LogP contribution in [0.3, 0.4) is 0 Å². The maximum absolute atomic E-state index is 5.81. The quantitative estimate of drug-likeness (QED) is 0.524. The summed E-state index contributed by atoms with van der Waals surface area (Å²) in [6.45, 7) is 2.33. The van der Waals surface area contributed by atoms with Crippen LogP contribution in [0.15, 0.2) is 22.7 Å². The molecule has 2 rings (SSSR count). The Morgan fingerprint density at radius 3 is 3.00 bits per heavy atom. The highest BCUT2D eigenvalue weighted by Crippen LogP contribution is 2.21. The number of nitrogens with two attached hydrogens (primary N) is 1. The first kappa shape index (κ1) is 13.3. The second-order valence-electron chi connectivity index (χ2n) is 3.62. The summed E-state index contributed by atoms with van der Waals surface area (Å²) in [5, 5.41) is 6.78. The highest BCUT2D eigenvalue weighted by Gasteiger charge is 2.03. The number of aryl methyl sites for hydroxylation is 1. The molecule has 0 bridgehead atoms. The molecule has 0 unspecified atom stereocenters. The lowest BCUT2D eigenvalue weighted by Crippen LogP contribution is -2.15. The molecule has 0 aliphatic carbocycles. The van der Waals surface area contributed by atoms with Gasteiger partial charge in [-0.15, -0.1) is 22.7 Å². The lowest BCUT2D eigenvalue weighted by Gasteiger charge is -1.99. The number of oxime groups is 1. The van der Waals surface area contributed by atoms with Gasteiger partial charge in [0, 0.05) is 16.0 Å². The van der Waals surface area contributed by atoms with Gasteiger partial charge in [0.25, 0.3) is 0 Å². The Hall–Kier alpha value is -1.11. The third-order valence-electron chi connectivity index (χ3n) is 2.02. The van der Waals surface area contributed by atoms with E-state index in [2.05, 4.69) is 10.1 Å². The maximum Gasteiger partial charge on any atom is 0.151 e. The summed E-state index contributed by atoms with van der Waals surface area (Å²) in [6, 6.07) is 3.74. The van der Waals surface area contributed by atoms with E-state index in [9.17, 15) is 0 Å². The summed E-state index contributed by atoms with van der Waals surface area (Å²) in [5.41, 5.74) is 6.75. The third kappa shape index (κ3) is 3.97. The highest BCUT2D eigenvalue weighted by molar-refractivity contribution is 7.16. The number of amidine groups is 1. The van der Waals surface area contributed by atoms with Crippen molar-refractivity contribution in [3.05, 3.63) is 37.4 Å². The average molecular weight is 302 g/mol. The number of halogens is 1. The molecule has 18 heavy (non-hydrogen) atoms. The van der Waals surface area contributed by atoms with Gasteiger partial charge in [0.1, 0.15) is 10.8 Å². The van der Waals surface area contributed by atoms with Crippen molar-refractivity contribution >= 4 is 40.1 Å². The van der Waals surface area contributed by atoms with Gasteiger partial charge in [-0.1, -0.05) is 16.8 Å². The number of hydrogen-bond acceptors (Lipinski definition) is 5. The largest absolute Gasteiger partial charge is 0.389 e. The Kier molecular flexibility index (Phi) is 4.57. The first-order chi connectivity index (χ1) is 8.63. The number of thiophene rings is 1. The van der Waals surface area contributed by atoms with Crippen molar-refractivity contribution in [3.8, 4) is 0 Å². The summed E-state index contributed by atoms with van der Waals surface area (Å²) < 4.78 is 0.740. The van der Waals surface area contributed by atoms with Crippen LogP contribution in [0, 0.1) is 6.92 Å². The molecule has 2 N–H and O–H groups in total. The zero-order chi connectivity index (χ0) is 13.0. The Labute approximate surface area is 118 Å². The van der Waals surface area contributed by atoms with Gasteiger partial charge in [0.05, 0.1) is 10.8 Å². The summed E-state index contributed by atoms with van der Waals surface area (Å²) >= 11 is 8.84. The lowest BCUT2D eigenvalue weighted by atomic mass is 10.4. The number of thiazole rings is 1. The molecule has 0 saturated heterocycles. The molecule has 7 heteroatoms. The van der Waals surface area contributed by atoms with Gasteiger partial charge in [0.15, 0.2) is 6.61 Å². The fourth-order valence-electron chi connectivity index (χ4n) is 1.28. The monoisotopic (exact) mass is 301 g/mol. The van der Waals surface area contributed by atoms with E-state index in [1.807, 2.05) is 24.4 Å². The third-order valence-corrected chi connectivity index (χ3v) is 4.19. The van der Waals surface area contributed by atoms with Crippen molar-refractivity contribution in [1.82, 2.24) is 4.98 Å². The molecule has 0 saturated carbocycles. The zero-order valence-electron chi connectivity index (χ0n) is 9.72. The number of nitrogens with zero attached hydrogens (tertiary/aromatic N) is 2. The predicted octanol–water partition coefficient (Wildman–Crippen LogP) is 3.20. The minimum Gasteiger partial charge on any atom is -0.389 e. The van der Waals surface area contributed by atoms with Gasteiger partial charge in [-0.25, -0.2) is 4.98 Å². The lowest BCUT2D eigenvalue weighted by molar-refractivity contribution is 0.132. The van der Waals surface area contributed by atoms with E-state index < -0.39 is 0 Å². The van der Waals surface area contributed by atoms with E-state index in [-0.39, 0.29) is 0 Å². The second kappa shape index (κ2) is 6.17. The van der Waals surface area contributed by atoms with E-state index in [1.165, 1.54) is 11.3 Å². The number of rotatable bonds is 5. The molecular weight excluding hydrogens is 290 g/mol. The van der Waals surface area contributed by atoms with Crippen molar-refractivity contribution in [2.24, 2.45) is 10.9 Å². The summed E-state index contributed by atoms with van der Waals surface area (Å²) in [5.74, 6) is 0.423. The minimum atomic E-state index is 0.384. The molecular formula is C11H12ClN3OS2. The van der Waals surface area contributed by atoms with Crippen LogP contribution in [0.2, 0.25) is 4.34 Å². The first-order valence-corrected chi connectivity index (χ1v) is 7.30. The minimum absolute atomic E-state index is 0.384. The van der Waals surface area contributed by atoms with E-state index in [1.54, 1.807) is 11.3 Å². The molecule has 2 aromatic heterocycles. The van der Waals surface area contributed by atoms with Crippen molar-refractivity contribution in [2.45, 2.75) is 20.0 Å². The maximum atomic E-state index is 5.81. The van der Waals surface area contributed by atoms with Gasteiger partial charge >= 0.3 is 0 Å². The molecule has 0 radical (unpaired) electrons. The van der Waals surface area contributed by atoms with Crippen LogP contribution >= 0.6 is 34.3 Å². The van der Waals surface area contributed by atoms with Gasteiger partial charge in [-0.05, 0) is 19.1 Å². The number of aromatic nitrogens is 1. The molecule has 0 aliphatic rings. The molecule has 96 valence electrons. The Balaban J connectivity index is 1.82. The van der Waals surface area contributed by atoms with Crippen LogP contribution in [0.5, 0.6) is 0 Å². The molecule has 0 aromatic carbocycles. The Morgan fingerprint density at radius 1 is 1.56 bits per heavy atom. The molecule has 2 heterocycles. The average Bonchev–Trinajstić information content (AvgIpc) is 2.88. The predicted molar refractivity (Wildman–Crippen MR) is 76.3 cm³/mol. The van der Waals surface area contributed by atoms with Crippen LogP contribution in [0.4, 0.5) is 0 Å². The molecule has 0 aliphatic heterocycles. The van der Waals surface area contributed by atoms with Crippen molar-refractivity contribution in [2.75, 3.05) is 0 Å². The normalized spacial score (nSPS) is 11.8. The van der Waals surface area contributed by atoms with Crippen LogP contribution in [-0.2, 0) is 17.9 Å². The Bertz CT molecular complexity index is 550. The van der Waals surface area contributed by atoms with E-state index in [0.717, 1.165) is 19.9 Å². The zero-order valence-corrected chi connectivity index (χ0v) is 12.1. The molecule has 2 aromatic rings. The van der Waals surface area contributed by atoms with Gasteiger partial charge < -0.3 is 10.6 Å². The molecule has 0 atom stereocenters. The topological polar surface area (TPSA) is 60.5 Å². The first-order valence-electron chi connectivity index (χ1n) is 5.23. The smallest absolute Gasteiger partial charge is 0.151 e. The van der Waals surface area contributed by atoms with E-state index >= 15 is 0 Å². The van der Waals surface area contributed by atoms with Crippen LogP contribution < -0.4 is 5.73 Å². The van der Waals surface area contributed by atoms with Crippen molar-refractivity contribution < 1.29 is 4.84 Å². The van der Waals surface area contributed by atoms with Gasteiger partial charge in [-0.3, -0.25) is 0 Å². The summed E-state index contributed by atoms with van der Waals surface area (Å²) in [6.07, 6.45) is 0.518. The van der Waals surface area contributed by atoms with Crippen LogP contribution in [0.25, 0.3) is 0 Å². The SMILES string of the molecule is Cc1csc(CC(N)=NOCc2ccc(Cl)s2)n1. The molecule has 0 amide bonds. The second-order valence-corrected chi connectivity index (χ2v) is 6.36. The van der Waals surface area contributed by atoms with Crippen molar-refractivity contribution in [1.29, 1.82) is 0 Å². The summed E-state index contributed by atoms with van der Waals surface area (Å²) in [7, 11) is 0. The molecule has 4 nitrogen and oxygen atoms in total. The van der Waals surface area contributed by atoms with Crippen LogP contribution in [-0.4, -0.2) is 10.8 Å². The Morgan fingerprint density at radius 2 is 2.39 bits per heavy atom. The van der Waals surface area contributed by atoms with Gasteiger partial charge in [-0.2, -0.15) is 0 Å². The number of hydrogen-bond donors (Lipinski definition) is 1. The summed E-state index contributed by atoms with van der Waals surface area (Å²) in [4.78, 5) is 10.5. The van der Waals surface area contributed by atoms with E-state index in [0.29, 0.717) is 18.9 Å². The van der Waals surface area contributed by atoms with Gasteiger partial charge in [0.2, 0.25) is 0 Å². The molecule has 0 spiro atoms.